The Bertz CT molecular complexity index is 206. The molecule has 0 spiro atoms. The van der Waals surface area contributed by atoms with Crippen LogP contribution in [0.2, 0.25) is 0 Å². The van der Waals surface area contributed by atoms with Crippen LogP contribution in [0.15, 0.2) is 0 Å². The van der Waals surface area contributed by atoms with Gasteiger partial charge in [-0.1, -0.05) is 6.92 Å². The minimum absolute atomic E-state index is 0.000880. The number of fused-ring (bicyclic) bond motifs is 1. The second-order valence-electron chi connectivity index (χ2n) is 3.05. The summed E-state index contributed by atoms with van der Waals surface area (Å²) >= 11 is 0. The number of ether oxygens (including phenoxy) is 2. The van der Waals surface area contributed by atoms with Gasteiger partial charge >= 0.3 is 0 Å². The first-order valence-corrected chi connectivity index (χ1v) is 3.85. The van der Waals surface area contributed by atoms with Crippen molar-refractivity contribution in [2.75, 3.05) is 6.61 Å². The Morgan fingerprint density at radius 3 is 3.18 bits per heavy atom. The highest BCUT2D eigenvalue weighted by Crippen LogP contribution is 2.41. The molecular weight excluding hydrogens is 144 g/mol. The van der Waals surface area contributed by atoms with Crippen molar-refractivity contribution in [1.29, 1.82) is 0 Å². The highest BCUT2D eigenvalue weighted by molar-refractivity contribution is 5.91. The second-order valence-corrected chi connectivity index (χ2v) is 3.05. The Hall–Kier alpha value is -0.410. The van der Waals surface area contributed by atoms with Gasteiger partial charge in [0.2, 0.25) is 0 Å². The van der Waals surface area contributed by atoms with Gasteiger partial charge in [0, 0.05) is 13.9 Å². The van der Waals surface area contributed by atoms with E-state index < -0.39 is 0 Å². The van der Waals surface area contributed by atoms with Gasteiger partial charge in [-0.25, -0.2) is 0 Å². The van der Waals surface area contributed by atoms with Crippen LogP contribution in [0.25, 0.3) is 0 Å². The average Bonchev–Trinajstić information content (AvgIpc) is 2.79. The van der Waals surface area contributed by atoms with E-state index in [1.165, 1.54) is 0 Å². The van der Waals surface area contributed by atoms with Gasteiger partial charge in [-0.05, 0) is 6.90 Å². The lowest BCUT2D eigenvalue weighted by molar-refractivity contribution is -0.127. The summed E-state index contributed by atoms with van der Waals surface area (Å²) in [6, 6.07) is 0. The summed E-state index contributed by atoms with van der Waals surface area (Å²) in [7, 11) is 0. The van der Waals surface area contributed by atoms with E-state index in [2.05, 4.69) is 0 Å². The summed E-state index contributed by atoms with van der Waals surface area (Å²) in [6.45, 7) is 2.51. The molecule has 1 aliphatic carbocycles. The lowest BCUT2D eigenvalue weighted by atomic mass is 10.1. The zero-order chi connectivity index (χ0) is 8.72. The van der Waals surface area contributed by atoms with Gasteiger partial charge in [-0.3, -0.25) is 4.79 Å². The number of ketones is 1. The molecule has 0 aromatic heterocycles. The smallest absolute Gasteiger partial charge is 0.169 e. The summed E-state index contributed by atoms with van der Waals surface area (Å²) in [5.74, 6) is 0.121. The zero-order valence-corrected chi connectivity index (χ0v) is 6.45. The molecule has 3 nitrogen and oxygen atoms in total. The number of hydrogen-bond donors (Lipinski definition) is 0. The van der Waals surface area contributed by atoms with Gasteiger partial charge in [0.1, 0.15) is 12.2 Å². The van der Waals surface area contributed by atoms with Crippen molar-refractivity contribution in [2.45, 2.75) is 32.1 Å². The van der Waals surface area contributed by atoms with Crippen LogP contribution in [-0.4, -0.2) is 30.7 Å². The molecule has 1 aliphatic heterocycles. The van der Waals surface area contributed by atoms with E-state index in [1.807, 2.05) is 6.92 Å². The third-order valence-corrected chi connectivity index (χ3v) is 2.38. The summed E-state index contributed by atoms with van der Waals surface area (Å²) in [4.78, 5) is 11.3. The van der Waals surface area contributed by atoms with Crippen LogP contribution in [0, 0.1) is 5.92 Å². The number of hydrogen-bond acceptors (Lipinski definition) is 3. The van der Waals surface area contributed by atoms with Crippen molar-refractivity contribution in [3.8, 4) is 0 Å². The van der Waals surface area contributed by atoms with Gasteiger partial charge < -0.3 is 9.47 Å². The lowest BCUT2D eigenvalue weighted by Crippen LogP contribution is -2.26. The largest absolute Gasteiger partial charge is 0.375 e. The maximum atomic E-state index is 11.3. The third kappa shape index (κ3) is 0.914. The minimum atomic E-state index is -0.185. The van der Waals surface area contributed by atoms with Crippen LogP contribution < -0.4 is 0 Å². The van der Waals surface area contributed by atoms with Crippen LogP contribution >= 0.6 is 0 Å². The summed E-state index contributed by atoms with van der Waals surface area (Å²) in [5.41, 5.74) is 0. The van der Waals surface area contributed by atoms with E-state index in [0.29, 0.717) is 6.61 Å². The normalized spacial score (nSPS) is 48.8. The topological polar surface area (TPSA) is 38.8 Å². The molecule has 2 rings (SSSR count). The first kappa shape index (κ1) is 6.14. The molecule has 1 saturated carbocycles. The van der Waals surface area contributed by atoms with Gasteiger partial charge in [0.05, 0.1) is 6.10 Å². The van der Waals surface area contributed by atoms with Crippen molar-refractivity contribution in [1.82, 2.24) is 0 Å². The molecule has 62 valence electrons. The molecule has 0 aromatic carbocycles. The maximum absolute atomic E-state index is 11.3. The van der Waals surface area contributed by atoms with Gasteiger partial charge in [-0.15, -0.1) is 0 Å². The Morgan fingerprint density at radius 1 is 1.82 bits per heavy atom. The highest BCUT2D eigenvalue weighted by Gasteiger charge is 2.61. The molecule has 0 unspecified atom stereocenters. The molecule has 2 fully saturated rings. The highest BCUT2D eigenvalue weighted by atomic mass is 16.6. The number of carbonyl (C=O) groups is 1. The maximum Gasteiger partial charge on any atom is 0.169 e. The van der Waals surface area contributed by atoms with E-state index in [1.54, 1.807) is 0 Å². The molecule has 0 radical (unpaired) electrons. The van der Waals surface area contributed by atoms with Crippen LogP contribution in [0.4, 0.5) is 0 Å². The first-order valence-electron chi connectivity index (χ1n) is 4.56. The van der Waals surface area contributed by atoms with Crippen LogP contribution in [0.5, 0.6) is 0 Å². The molecule has 1 saturated heterocycles. The van der Waals surface area contributed by atoms with E-state index in [4.69, 9.17) is 10.8 Å². The fraction of sp³-hybridized carbons (Fsp3) is 0.875. The zero-order valence-electron chi connectivity index (χ0n) is 7.45. The summed E-state index contributed by atoms with van der Waals surface area (Å²) < 4.78 is 17.4. The molecule has 2 aliphatic rings. The van der Waals surface area contributed by atoms with Crippen molar-refractivity contribution in [3.63, 3.8) is 0 Å². The monoisotopic (exact) mass is 158 g/mol. The lowest BCUT2D eigenvalue weighted by Gasteiger charge is -2.15. The third-order valence-electron chi connectivity index (χ3n) is 2.38. The predicted octanol–water partition coefficient (Wildman–Crippen LogP) is 0.378. The SMILES string of the molecule is [3H]CCO[C@H]1[C@H]2O[C@H]2C(=O)[C@@H]1C. The number of epoxide rings is 1. The molecule has 0 aromatic rings. The number of carbonyl (C=O) groups excluding carboxylic acids is 1. The molecular formula is C8H12O3. The predicted molar refractivity (Wildman–Crippen MR) is 38.2 cm³/mol. The fourth-order valence-electron chi connectivity index (χ4n) is 1.68. The van der Waals surface area contributed by atoms with E-state index in [9.17, 15) is 4.79 Å². The quantitative estimate of drug-likeness (QED) is 0.545. The number of Topliss-reactive ketones (excluding diaryl/α,β-unsaturated/α-hetero) is 1. The van der Waals surface area contributed by atoms with Crippen LogP contribution in [-0.2, 0) is 14.3 Å². The Labute approximate surface area is 67.1 Å². The van der Waals surface area contributed by atoms with Gasteiger partial charge in [0.25, 0.3) is 0 Å². The Morgan fingerprint density at radius 2 is 2.64 bits per heavy atom. The second kappa shape index (κ2) is 2.29. The molecule has 1 heterocycles. The van der Waals surface area contributed by atoms with E-state index in [0.717, 1.165) is 0 Å². The van der Waals surface area contributed by atoms with Crippen molar-refractivity contribution >= 4 is 5.78 Å². The van der Waals surface area contributed by atoms with Crippen molar-refractivity contribution in [2.24, 2.45) is 5.92 Å². The average molecular weight is 158 g/mol. The summed E-state index contributed by atoms with van der Waals surface area (Å²) in [5, 5.41) is 0. The first-order chi connectivity index (χ1) is 5.75. The fourth-order valence-corrected chi connectivity index (χ4v) is 1.68. The van der Waals surface area contributed by atoms with Crippen LogP contribution in [0.1, 0.15) is 15.2 Å². The standard InChI is InChI=1S/C8H12O3/c1-3-10-6-4(2)5(9)7-8(6)11-7/h4,6-8H,3H2,1-2H3/t4-,6+,7-,8+/m0/s1/i1T. The van der Waals surface area contributed by atoms with E-state index in [-0.39, 0.29) is 36.9 Å². The molecule has 3 heteroatoms. The van der Waals surface area contributed by atoms with Crippen LogP contribution in [0.3, 0.4) is 0 Å². The van der Waals surface area contributed by atoms with Crippen molar-refractivity contribution in [3.05, 3.63) is 0 Å². The molecule has 0 bridgehead atoms. The molecule has 0 amide bonds. The Balaban J connectivity index is 1.93. The molecule has 4 atom stereocenters. The molecule has 0 N–H and O–H groups in total. The minimum Gasteiger partial charge on any atom is -0.375 e. The van der Waals surface area contributed by atoms with E-state index >= 15 is 0 Å². The molecule has 11 heavy (non-hydrogen) atoms. The number of rotatable bonds is 2. The Kier molecular flexibility index (Phi) is 1.28. The summed E-state index contributed by atoms with van der Waals surface area (Å²) in [6.07, 6.45) is -0.275. The van der Waals surface area contributed by atoms with Gasteiger partial charge in [-0.2, -0.15) is 0 Å². The van der Waals surface area contributed by atoms with Crippen molar-refractivity contribution < 1.29 is 15.6 Å². The van der Waals surface area contributed by atoms with Gasteiger partial charge in [0.15, 0.2) is 5.78 Å².